The van der Waals surface area contributed by atoms with E-state index < -0.39 is 24.5 Å². The van der Waals surface area contributed by atoms with Crippen LogP contribution >= 0.6 is 24.0 Å². The smallest absolute Gasteiger partial charge is 0.167 e. The van der Waals surface area contributed by atoms with Crippen LogP contribution in [-0.4, -0.2) is 58.9 Å². The Hall–Kier alpha value is -2.31. The number of thiocarbonyl (C=S) groups is 1. The van der Waals surface area contributed by atoms with Gasteiger partial charge >= 0.3 is 0 Å². The summed E-state index contributed by atoms with van der Waals surface area (Å²) in [6.45, 7) is -0.277. The third-order valence-corrected chi connectivity index (χ3v) is 6.04. The van der Waals surface area contributed by atoms with Crippen molar-refractivity contribution in [2.75, 3.05) is 12.3 Å². The number of rotatable bonds is 5. The molecule has 3 aromatic rings. The molecular formula is C18H20N6O3S2. The molecule has 152 valence electrons. The fourth-order valence-electron chi connectivity index (χ4n) is 3.26. The number of nitrogen functional groups attached to an aromatic ring is 1. The molecule has 1 saturated heterocycles. The SMILES string of the molecule is Nc1ncnc2c1ncn2[C@H]1O[C@@H](CO)[C@H](NC(=S)SCc2ccccc2)[C@@H]1O. The van der Waals surface area contributed by atoms with Gasteiger partial charge in [-0.05, 0) is 5.56 Å². The van der Waals surface area contributed by atoms with Crippen molar-refractivity contribution in [2.24, 2.45) is 0 Å². The quantitative estimate of drug-likeness (QED) is 0.430. The average Bonchev–Trinajstić information content (AvgIpc) is 3.29. The number of imidazole rings is 1. The van der Waals surface area contributed by atoms with E-state index in [4.69, 9.17) is 22.7 Å². The number of aliphatic hydroxyl groups excluding tert-OH is 2. The summed E-state index contributed by atoms with van der Waals surface area (Å²) in [4.78, 5) is 12.3. The number of hydrogen-bond acceptors (Lipinski definition) is 9. The molecule has 0 bridgehead atoms. The Morgan fingerprint density at radius 3 is 2.83 bits per heavy atom. The Morgan fingerprint density at radius 1 is 1.28 bits per heavy atom. The fraction of sp³-hybridized carbons (Fsp3) is 0.333. The first-order valence-corrected chi connectivity index (χ1v) is 10.3. The summed E-state index contributed by atoms with van der Waals surface area (Å²) in [5, 5.41) is 23.8. The van der Waals surface area contributed by atoms with Gasteiger partial charge in [-0.15, -0.1) is 0 Å². The monoisotopic (exact) mass is 432 g/mol. The Morgan fingerprint density at radius 2 is 2.07 bits per heavy atom. The molecule has 5 N–H and O–H groups in total. The lowest BCUT2D eigenvalue weighted by Gasteiger charge is -2.22. The largest absolute Gasteiger partial charge is 0.394 e. The number of anilines is 1. The maximum Gasteiger partial charge on any atom is 0.167 e. The lowest BCUT2D eigenvalue weighted by atomic mass is 10.1. The molecule has 9 nitrogen and oxygen atoms in total. The van der Waals surface area contributed by atoms with Crippen LogP contribution in [0.5, 0.6) is 0 Å². The van der Waals surface area contributed by atoms with Gasteiger partial charge in [-0.2, -0.15) is 0 Å². The van der Waals surface area contributed by atoms with Crippen molar-refractivity contribution < 1.29 is 14.9 Å². The molecule has 4 atom stereocenters. The van der Waals surface area contributed by atoms with E-state index >= 15 is 0 Å². The van der Waals surface area contributed by atoms with E-state index in [0.717, 1.165) is 5.56 Å². The zero-order valence-corrected chi connectivity index (χ0v) is 16.9. The molecule has 1 aliphatic rings. The van der Waals surface area contributed by atoms with Crippen molar-refractivity contribution in [1.29, 1.82) is 0 Å². The predicted octanol–water partition coefficient (Wildman–Crippen LogP) is 0.836. The third-order valence-electron chi connectivity index (χ3n) is 4.71. The molecule has 29 heavy (non-hydrogen) atoms. The zero-order chi connectivity index (χ0) is 20.4. The van der Waals surface area contributed by atoms with E-state index in [0.29, 0.717) is 21.2 Å². The number of nitrogens with one attached hydrogen (secondary N) is 1. The van der Waals surface area contributed by atoms with Gasteiger partial charge in [-0.1, -0.05) is 54.3 Å². The number of thioether (sulfide) groups is 1. The minimum atomic E-state index is -0.990. The van der Waals surface area contributed by atoms with Gasteiger partial charge in [0.15, 0.2) is 17.7 Å². The Kier molecular flexibility index (Phi) is 5.92. The second kappa shape index (κ2) is 8.59. The molecule has 4 rings (SSSR count). The van der Waals surface area contributed by atoms with Gasteiger partial charge < -0.3 is 26.0 Å². The van der Waals surface area contributed by atoms with Crippen LogP contribution in [-0.2, 0) is 10.5 Å². The topological polar surface area (TPSA) is 131 Å². The first-order valence-electron chi connectivity index (χ1n) is 8.93. The average molecular weight is 433 g/mol. The minimum absolute atomic E-state index is 0.244. The molecule has 0 amide bonds. The standard InChI is InChI=1S/C18H20N6O3S2/c19-15-13-16(21-8-20-15)24(9-22-13)17-14(26)12(11(6-25)27-17)23-18(28)29-7-10-4-2-1-3-5-10/h1-5,8-9,11-12,14,17,25-26H,6-7H2,(H,23,28)(H2,19,20,21)/t11-,12-,14-,17-/m0/s1. The highest BCUT2D eigenvalue weighted by atomic mass is 32.2. The van der Waals surface area contributed by atoms with Crippen molar-refractivity contribution in [1.82, 2.24) is 24.8 Å². The maximum absolute atomic E-state index is 10.9. The van der Waals surface area contributed by atoms with Crippen LogP contribution in [0.15, 0.2) is 43.0 Å². The minimum Gasteiger partial charge on any atom is -0.394 e. The van der Waals surface area contributed by atoms with E-state index in [1.165, 1.54) is 24.4 Å². The van der Waals surface area contributed by atoms with E-state index in [1.54, 1.807) is 4.57 Å². The Balaban J connectivity index is 1.47. The van der Waals surface area contributed by atoms with Gasteiger partial charge in [-0.25, -0.2) is 15.0 Å². The van der Waals surface area contributed by atoms with Crippen LogP contribution in [0.1, 0.15) is 11.8 Å². The number of fused-ring (bicyclic) bond motifs is 1. The summed E-state index contributed by atoms with van der Waals surface area (Å²) in [5.41, 5.74) is 7.84. The van der Waals surface area contributed by atoms with Gasteiger partial charge in [0, 0.05) is 5.75 Å². The van der Waals surface area contributed by atoms with Crippen LogP contribution in [0.2, 0.25) is 0 Å². The summed E-state index contributed by atoms with van der Waals surface area (Å²) in [6, 6.07) is 9.36. The molecule has 1 aliphatic heterocycles. The number of aromatic nitrogens is 4. The Bertz CT molecular complexity index is 1000. The number of nitrogens with two attached hydrogens (primary N) is 1. The molecule has 1 aromatic carbocycles. The summed E-state index contributed by atoms with van der Waals surface area (Å²) < 4.78 is 7.98. The molecule has 2 aromatic heterocycles. The van der Waals surface area contributed by atoms with Gasteiger partial charge in [0.2, 0.25) is 0 Å². The number of benzene rings is 1. The van der Waals surface area contributed by atoms with Crippen molar-refractivity contribution in [3.05, 3.63) is 48.5 Å². The number of aliphatic hydroxyl groups is 2. The van der Waals surface area contributed by atoms with Crippen molar-refractivity contribution in [2.45, 2.75) is 30.2 Å². The predicted molar refractivity (Wildman–Crippen MR) is 114 cm³/mol. The molecule has 11 heteroatoms. The molecule has 3 heterocycles. The van der Waals surface area contributed by atoms with Crippen LogP contribution in [0.3, 0.4) is 0 Å². The number of ether oxygens (including phenoxy) is 1. The van der Waals surface area contributed by atoms with Crippen LogP contribution in [0.4, 0.5) is 5.82 Å². The van der Waals surface area contributed by atoms with E-state index in [-0.39, 0.29) is 12.4 Å². The highest BCUT2D eigenvalue weighted by Crippen LogP contribution is 2.32. The third kappa shape index (κ3) is 4.05. The second-order valence-electron chi connectivity index (χ2n) is 6.55. The zero-order valence-electron chi connectivity index (χ0n) is 15.3. The number of hydrogen-bond donors (Lipinski definition) is 4. The van der Waals surface area contributed by atoms with E-state index in [2.05, 4.69) is 20.3 Å². The molecular weight excluding hydrogens is 412 g/mol. The Labute approximate surface area is 176 Å². The first kappa shape index (κ1) is 20.0. The van der Waals surface area contributed by atoms with Gasteiger partial charge in [0.1, 0.15) is 28.4 Å². The lowest BCUT2D eigenvalue weighted by molar-refractivity contribution is -0.0489. The molecule has 0 saturated carbocycles. The van der Waals surface area contributed by atoms with Crippen molar-refractivity contribution >= 4 is 45.3 Å². The van der Waals surface area contributed by atoms with Crippen molar-refractivity contribution in [3.63, 3.8) is 0 Å². The summed E-state index contributed by atoms with van der Waals surface area (Å²) in [7, 11) is 0. The maximum atomic E-state index is 10.9. The first-order chi connectivity index (χ1) is 14.1. The van der Waals surface area contributed by atoms with Crippen molar-refractivity contribution in [3.8, 4) is 0 Å². The molecule has 0 aliphatic carbocycles. The van der Waals surface area contributed by atoms with Gasteiger partial charge in [-0.3, -0.25) is 4.57 Å². The fourth-order valence-corrected chi connectivity index (χ4v) is 4.29. The summed E-state index contributed by atoms with van der Waals surface area (Å²) in [6.07, 6.45) is 0.373. The highest BCUT2D eigenvalue weighted by molar-refractivity contribution is 8.22. The normalized spacial score (nSPS) is 24.1. The second-order valence-corrected chi connectivity index (χ2v) is 8.21. The molecule has 0 radical (unpaired) electrons. The molecule has 1 fully saturated rings. The lowest BCUT2D eigenvalue weighted by Crippen LogP contribution is -2.47. The summed E-state index contributed by atoms with van der Waals surface area (Å²) in [5.74, 6) is 0.944. The van der Waals surface area contributed by atoms with Gasteiger partial charge in [0.25, 0.3) is 0 Å². The highest BCUT2D eigenvalue weighted by Gasteiger charge is 2.45. The number of nitrogens with zero attached hydrogens (tertiary/aromatic N) is 4. The van der Waals surface area contributed by atoms with Gasteiger partial charge in [0.05, 0.1) is 19.0 Å². The van der Waals surface area contributed by atoms with Crippen LogP contribution < -0.4 is 11.1 Å². The molecule has 0 spiro atoms. The molecule has 0 unspecified atom stereocenters. The van der Waals surface area contributed by atoms with Crippen LogP contribution in [0, 0.1) is 0 Å². The van der Waals surface area contributed by atoms with Crippen LogP contribution in [0.25, 0.3) is 11.2 Å². The summed E-state index contributed by atoms with van der Waals surface area (Å²) >= 11 is 6.87. The van der Waals surface area contributed by atoms with E-state index in [1.807, 2.05) is 30.3 Å². The van der Waals surface area contributed by atoms with E-state index in [9.17, 15) is 10.2 Å².